The minimum atomic E-state index is -0.0970. The Balaban J connectivity index is 1.71. The molecular weight excluding hydrogens is 266 g/mol. The average molecular weight is 281 g/mol. The van der Waals surface area contributed by atoms with E-state index < -0.39 is 0 Å². The second-order valence-electron chi connectivity index (χ2n) is 5.23. The first-order valence-corrected chi connectivity index (χ1v) is 7.07. The number of nitrogens with zero attached hydrogens (tertiary/aromatic N) is 4. The fourth-order valence-corrected chi connectivity index (χ4v) is 2.68. The van der Waals surface area contributed by atoms with E-state index in [4.69, 9.17) is 0 Å². The first-order chi connectivity index (χ1) is 10.3. The van der Waals surface area contributed by atoms with Gasteiger partial charge in [0.15, 0.2) is 0 Å². The van der Waals surface area contributed by atoms with Gasteiger partial charge in [-0.25, -0.2) is 9.67 Å². The summed E-state index contributed by atoms with van der Waals surface area (Å²) >= 11 is 0. The molecule has 0 unspecified atom stereocenters. The van der Waals surface area contributed by atoms with Crippen LogP contribution < -0.4 is 10.9 Å². The second kappa shape index (κ2) is 4.73. The third-order valence-corrected chi connectivity index (χ3v) is 3.71. The molecule has 0 bridgehead atoms. The van der Waals surface area contributed by atoms with Crippen LogP contribution in [0.25, 0.3) is 5.65 Å². The highest BCUT2D eigenvalue weighted by atomic mass is 16.1. The summed E-state index contributed by atoms with van der Waals surface area (Å²) in [5, 5.41) is 7.69. The van der Waals surface area contributed by atoms with Crippen molar-refractivity contribution in [3.8, 4) is 0 Å². The average Bonchev–Trinajstić information content (AvgIpc) is 2.90. The Kier molecular flexibility index (Phi) is 2.73. The zero-order valence-corrected chi connectivity index (χ0v) is 11.5. The van der Waals surface area contributed by atoms with Crippen molar-refractivity contribution >= 4 is 11.3 Å². The summed E-state index contributed by atoms with van der Waals surface area (Å²) in [6, 6.07) is 7.47. The van der Waals surface area contributed by atoms with Crippen LogP contribution in [0.1, 0.15) is 17.8 Å². The molecule has 6 nitrogen and oxygen atoms in total. The van der Waals surface area contributed by atoms with Crippen LogP contribution in [0.4, 0.5) is 5.69 Å². The van der Waals surface area contributed by atoms with Crippen molar-refractivity contribution in [1.82, 2.24) is 19.2 Å². The Morgan fingerprint density at radius 2 is 2.29 bits per heavy atom. The van der Waals surface area contributed by atoms with Gasteiger partial charge in [-0.3, -0.25) is 4.79 Å². The molecule has 1 aliphatic rings. The monoisotopic (exact) mass is 281 g/mol. The number of aryl methyl sites for hydroxylation is 1. The highest BCUT2D eigenvalue weighted by Gasteiger charge is 2.13. The van der Waals surface area contributed by atoms with E-state index in [-0.39, 0.29) is 5.56 Å². The van der Waals surface area contributed by atoms with Gasteiger partial charge < -0.3 is 9.72 Å². The number of rotatable bonds is 2. The largest absolute Gasteiger partial charge is 0.383 e. The fourth-order valence-electron chi connectivity index (χ4n) is 2.68. The summed E-state index contributed by atoms with van der Waals surface area (Å²) in [4.78, 5) is 16.6. The minimum absolute atomic E-state index is 0.0970. The van der Waals surface area contributed by atoms with E-state index in [2.05, 4.69) is 15.4 Å². The quantitative estimate of drug-likeness (QED) is 0.769. The van der Waals surface area contributed by atoms with Gasteiger partial charge in [-0.05, 0) is 25.0 Å². The summed E-state index contributed by atoms with van der Waals surface area (Å²) in [7, 11) is 0. The van der Waals surface area contributed by atoms with Gasteiger partial charge in [0.1, 0.15) is 5.65 Å². The summed E-state index contributed by atoms with van der Waals surface area (Å²) in [6.07, 6.45) is 5.83. The molecule has 6 heteroatoms. The van der Waals surface area contributed by atoms with Crippen LogP contribution in [0.3, 0.4) is 0 Å². The molecule has 0 saturated carbocycles. The first kappa shape index (κ1) is 12.1. The highest BCUT2D eigenvalue weighted by Crippen LogP contribution is 2.16. The van der Waals surface area contributed by atoms with Gasteiger partial charge in [-0.1, -0.05) is 6.07 Å². The predicted molar refractivity (Wildman–Crippen MR) is 79.6 cm³/mol. The maximum absolute atomic E-state index is 12.1. The highest BCUT2D eigenvalue weighted by molar-refractivity contribution is 5.48. The van der Waals surface area contributed by atoms with Crippen LogP contribution in [0.15, 0.2) is 41.5 Å². The maximum Gasteiger partial charge on any atom is 0.269 e. The van der Waals surface area contributed by atoms with Crippen molar-refractivity contribution in [3.05, 3.63) is 58.4 Å². The van der Waals surface area contributed by atoms with Crippen LogP contribution in [0.5, 0.6) is 0 Å². The van der Waals surface area contributed by atoms with Crippen LogP contribution >= 0.6 is 0 Å². The number of pyridine rings is 1. The van der Waals surface area contributed by atoms with Crippen LogP contribution in [-0.2, 0) is 13.0 Å². The fraction of sp³-hybridized carbons (Fsp3) is 0.267. The lowest BCUT2D eigenvalue weighted by atomic mass is 10.1. The summed E-state index contributed by atoms with van der Waals surface area (Å²) in [5.41, 5.74) is 3.45. The van der Waals surface area contributed by atoms with Gasteiger partial charge in [0, 0.05) is 25.0 Å². The third kappa shape index (κ3) is 2.18. The van der Waals surface area contributed by atoms with Gasteiger partial charge >= 0.3 is 0 Å². The van der Waals surface area contributed by atoms with Crippen molar-refractivity contribution in [2.75, 3.05) is 11.9 Å². The molecule has 0 fully saturated rings. The van der Waals surface area contributed by atoms with E-state index in [0.717, 1.165) is 42.1 Å². The molecule has 0 atom stereocenters. The number of hydrogen-bond acceptors (Lipinski definition) is 4. The van der Waals surface area contributed by atoms with Gasteiger partial charge in [0.05, 0.1) is 23.6 Å². The van der Waals surface area contributed by atoms with Crippen molar-refractivity contribution in [3.63, 3.8) is 0 Å². The number of hydrogen-bond donors (Lipinski definition) is 1. The second-order valence-corrected chi connectivity index (χ2v) is 5.23. The lowest BCUT2D eigenvalue weighted by Gasteiger charge is -2.17. The molecule has 3 aromatic heterocycles. The summed E-state index contributed by atoms with van der Waals surface area (Å²) in [6.45, 7) is 1.30. The van der Waals surface area contributed by atoms with Crippen molar-refractivity contribution in [2.24, 2.45) is 0 Å². The van der Waals surface area contributed by atoms with E-state index in [1.807, 2.05) is 35.0 Å². The molecule has 0 aromatic carbocycles. The molecule has 1 aliphatic heterocycles. The maximum atomic E-state index is 12.1. The summed E-state index contributed by atoms with van der Waals surface area (Å²) in [5.74, 6) is 0. The minimum Gasteiger partial charge on any atom is -0.383 e. The predicted octanol–water partition coefficient (Wildman–Crippen LogP) is 1.30. The Morgan fingerprint density at radius 1 is 1.33 bits per heavy atom. The smallest absolute Gasteiger partial charge is 0.269 e. The molecule has 4 heterocycles. The van der Waals surface area contributed by atoms with E-state index in [1.54, 1.807) is 6.07 Å². The molecule has 21 heavy (non-hydrogen) atoms. The van der Waals surface area contributed by atoms with E-state index in [9.17, 15) is 4.79 Å². The third-order valence-electron chi connectivity index (χ3n) is 3.71. The molecular formula is C15H15N5O. The van der Waals surface area contributed by atoms with Crippen LogP contribution in [0, 0.1) is 0 Å². The topological polar surface area (TPSA) is 64.2 Å². The number of fused-ring (bicyclic) bond motifs is 2. The lowest BCUT2D eigenvalue weighted by molar-refractivity contribution is 0.601. The van der Waals surface area contributed by atoms with Crippen molar-refractivity contribution < 1.29 is 0 Å². The van der Waals surface area contributed by atoms with Gasteiger partial charge in [0.2, 0.25) is 0 Å². The molecule has 0 saturated heterocycles. The van der Waals surface area contributed by atoms with Crippen LogP contribution in [-0.4, -0.2) is 25.7 Å². The molecule has 4 rings (SSSR count). The number of nitrogens with one attached hydrogen (secondary N) is 1. The SMILES string of the molecule is O=c1cc2c(nn1Cc1cn3ccccc3n1)CCCN2. The Morgan fingerprint density at radius 3 is 3.19 bits per heavy atom. The molecule has 0 radical (unpaired) electrons. The van der Waals surface area contributed by atoms with Crippen molar-refractivity contribution in [2.45, 2.75) is 19.4 Å². The Bertz CT molecular complexity index is 831. The van der Waals surface area contributed by atoms with Gasteiger partial charge in [0.25, 0.3) is 5.56 Å². The van der Waals surface area contributed by atoms with E-state index in [0.29, 0.717) is 6.54 Å². The zero-order valence-electron chi connectivity index (χ0n) is 11.5. The Hall–Kier alpha value is -2.63. The molecule has 0 amide bonds. The molecule has 3 aromatic rings. The van der Waals surface area contributed by atoms with Gasteiger partial charge in [-0.15, -0.1) is 0 Å². The number of imidazole rings is 1. The lowest BCUT2D eigenvalue weighted by Crippen LogP contribution is -2.27. The molecule has 1 N–H and O–H groups in total. The van der Waals surface area contributed by atoms with E-state index in [1.165, 1.54) is 4.68 Å². The van der Waals surface area contributed by atoms with E-state index >= 15 is 0 Å². The molecule has 0 spiro atoms. The Labute approximate surface area is 121 Å². The zero-order chi connectivity index (χ0) is 14.2. The van der Waals surface area contributed by atoms with Gasteiger partial charge in [-0.2, -0.15) is 5.10 Å². The molecule has 106 valence electrons. The number of anilines is 1. The molecule has 0 aliphatic carbocycles. The number of aromatic nitrogens is 4. The standard InChI is InChI=1S/C15H15N5O/c21-15-8-13-12(4-3-6-16-13)18-20(15)10-11-9-19-7-2-1-5-14(19)17-11/h1-2,5,7-9,16H,3-4,6,10H2. The normalized spacial score (nSPS) is 13.9. The summed E-state index contributed by atoms with van der Waals surface area (Å²) < 4.78 is 3.44. The first-order valence-electron chi connectivity index (χ1n) is 7.07. The van der Waals surface area contributed by atoms with Crippen LogP contribution in [0.2, 0.25) is 0 Å². The van der Waals surface area contributed by atoms with Crippen molar-refractivity contribution in [1.29, 1.82) is 0 Å².